The smallest absolute Gasteiger partial charge is 0.311 e. The lowest BCUT2D eigenvalue weighted by Crippen LogP contribution is -2.61. The van der Waals surface area contributed by atoms with Crippen molar-refractivity contribution in [2.24, 2.45) is 10.8 Å². The van der Waals surface area contributed by atoms with Gasteiger partial charge in [-0.05, 0) is 41.5 Å². The van der Waals surface area contributed by atoms with E-state index in [1.807, 2.05) is 0 Å². The highest BCUT2D eigenvalue weighted by Gasteiger charge is 2.48. The Balaban J connectivity index is 2.79. The summed E-state index contributed by atoms with van der Waals surface area (Å²) in [4.78, 5) is 23.9. The summed E-state index contributed by atoms with van der Waals surface area (Å²) in [5.41, 5.74) is -1.49. The Bertz CT molecular complexity index is 472. The third-order valence-electron chi connectivity index (χ3n) is 3.72. The Hall–Kier alpha value is -1.22. The molecule has 1 rings (SSSR count). The van der Waals surface area contributed by atoms with Crippen LogP contribution in [0.2, 0.25) is 0 Å². The lowest BCUT2D eigenvalue weighted by Gasteiger charge is -2.41. The number of hydrogen-bond acceptors (Lipinski definition) is 8. The minimum atomic E-state index is -1.44. The van der Waals surface area contributed by atoms with E-state index in [4.69, 9.17) is 18.9 Å². The normalized spacial score (nSPS) is 30.7. The average Bonchev–Trinajstić information content (AvgIpc) is 2.48. The summed E-state index contributed by atoms with van der Waals surface area (Å²) in [6, 6.07) is 0. The van der Waals surface area contributed by atoms with Gasteiger partial charge in [-0.2, -0.15) is 0 Å². The summed E-state index contributed by atoms with van der Waals surface area (Å²) in [5.74, 6) is -1.03. The van der Waals surface area contributed by atoms with Crippen LogP contribution in [0.1, 0.15) is 41.5 Å². The topological polar surface area (TPSA) is 112 Å². The van der Waals surface area contributed by atoms with Crippen molar-refractivity contribution in [3.8, 4) is 0 Å². The van der Waals surface area contributed by atoms with Crippen LogP contribution < -0.4 is 0 Å². The number of rotatable bonds is 4. The van der Waals surface area contributed by atoms with Crippen molar-refractivity contribution in [3.63, 3.8) is 0 Å². The van der Waals surface area contributed by atoms with Crippen LogP contribution in [0.15, 0.2) is 0 Å². The molecule has 1 heterocycles. The number of carbonyl (C=O) groups is 2. The SMILES string of the molecule is CO[C@H]1O[C@H](COC(=O)C(C)(C)C)[C@@H](O)[C@H](O)[C@H]1OC(=O)C(C)(C)C. The second kappa shape index (κ2) is 7.99. The molecule has 8 nitrogen and oxygen atoms in total. The van der Waals surface area contributed by atoms with Gasteiger partial charge in [-0.3, -0.25) is 9.59 Å². The third kappa shape index (κ3) is 5.64. The summed E-state index contributed by atoms with van der Waals surface area (Å²) < 4.78 is 21.0. The van der Waals surface area contributed by atoms with Gasteiger partial charge in [-0.1, -0.05) is 0 Å². The van der Waals surface area contributed by atoms with Gasteiger partial charge in [0.25, 0.3) is 0 Å². The molecule has 1 saturated heterocycles. The molecule has 0 aromatic rings. The molecule has 0 amide bonds. The van der Waals surface area contributed by atoms with E-state index in [9.17, 15) is 19.8 Å². The van der Waals surface area contributed by atoms with Crippen molar-refractivity contribution < 1.29 is 38.7 Å². The minimum absolute atomic E-state index is 0.256. The molecule has 146 valence electrons. The van der Waals surface area contributed by atoms with E-state index >= 15 is 0 Å². The lowest BCUT2D eigenvalue weighted by atomic mass is 9.95. The van der Waals surface area contributed by atoms with Crippen LogP contribution >= 0.6 is 0 Å². The van der Waals surface area contributed by atoms with Crippen LogP contribution in [0, 0.1) is 10.8 Å². The second-order valence-electron chi connectivity index (χ2n) is 8.23. The fourth-order valence-corrected chi connectivity index (χ4v) is 2.03. The molecule has 0 bridgehead atoms. The van der Waals surface area contributed by atoms with Crippen molar-refractivity contribution in [2.45, 2.75) is 72.2 Å². The molecule has 1 fully saturated rings. The highest BCUT2D eigenvalue weighted by atomic mass is 16.7. The van der Waals surface area contributed by atoms with E-state index < -0.39 is 53.5 Å². The molecule has 25 heavy (non-hydrogen) atoms. The van der Waals surface area contributed by atoms with Gasteiger partial charge in [-0.15, -0.1) is 0 Å². The molecule has 8 heteroatoms. The first-order valence-corrected chi connectivity index (χ1v) is 8.21. The molecule has 1 aliphatic heterocycles. The maximum Gasteiger partial charge on any atom is 0.311 e. The zero-order valence-corrected chi connectivity index (χ0v) is 15.9. The van der Waals surface area contributed by atoms with Crippen molar-refractivity contribution in [1.29, 1.82) is 0 Å². The van der Waals surface area contributed by atoms with Crippen molar-refractivity contribution in [1.82, 2.24) is 0 Å². The predicted molar refractivity (Wildman–Crippen MR) is 87.4 cm³/mol. The number of aliphatic hydroxyl groups is 2. The largest absolute Gasteiger partial charge is 0.462 e. The van der Waals surface area contributed by atoms with Crippen LogP contribution in [-0.4, -0.2) is 66.6 Å². The molecule has 5 atom stereocenters. The summed E-state index contributed by atoms with van der Waals surface area (Å²) in [7, 11) is 1.32. The Morgan fingerprint density at radius 1 is 0.960 bits per heavy atom. The fourth-order valence-electron chi connectivity index (χ4n) is 2.03. The van der Waals surface area contributed by atoms with Gasteiger partial charge in [-0.25, -0.2) is 0 Å². The second-order valence-corrected chi connectivity index (χ2v) is 8.23. The van der Waals surface area contributed by atoms with Crippen LogP contribution in [0.4, 0.5) is 0 Å². The van der Waals surface area contributed by atoms with Crippen LogP contribution in [-0.2, 0) is 28.5 Å². The first-order valence-electron chi connectivity index (χ1n) is 8.21. The summed E-state index contributed by atoms with van der Waals surface area (Å²) in [5, 5.41) is 20.6. The Morgan fingerprint density at radius 3 is 1.92 bits per heavy atom. The van der Waals surface area contributed by atoms with Crippen molar-refractivity contribution >= 4 is 11.9 Å². The molecule has 1 aliphatic rings. The van der Waals surface area contributed by atoms with Gasteiger partial charge in [0.2, 0.25) is 0 Å². The Labute approximate surface area is 148 Å². The number of methoxy groups -OCH3 is 1. The van der Waals surface area contributed by atoms with Gasteiger partial charge in [0.15, 0.2) is 12.4 Å². The quantitative estimate of drug-likeness (QED) is 0.701. The molecular formula is C17H30O8. The van der Waals surface area contributed by atoms with E-state index in [0.29, 0.717) is 0 Å². The summed E-state index contributed by atoms with van der Waals surface area (Å²) in [6.45, 7) is 9.83. The zero-order chi connectivity index (χ0) is 19.6. The number of aliphatic hydroxyl groups excluding tert-OH is 2. The maximum absolute atomic E-state index is 12.1. The molecule has 0 unspecified atom stereocenters. The number of esters is 2. The van der Waals surface area contributed by atoms with Crippen molar-refractivity contribution in [2.75, 3.05) is 13.7 Å². The van der Waals surface area contributed by atoms with Crippen LogP contribution in [0.3, 0.4) is 0 Å². The van der Waals surface area contributed by atoms with E-state index in [-0.39, 0.29) is 6.61 Å². The monoisotopic (exact) mass is 362 g/mol. The van der Waals surface area contributed by atoms with Crippen molar-refractivity contribution in [3.05, 3.63) is 0 Å². The van der Waals surface area contributed by atoms with E-state index in [1.54, 1.807) is 41.5 Å². The number of carbonyl (C=O) groups excluding carboxylic acids is 2. The van der Waals surface area contributed by atoms with Gasteiger partial charge >= 0.3 is 11.9 Å². The molecular weight excluding hydrogens is 332 g/mol. The molecule has 0 saturated carbocycles. The Morgan fingerprint density at radius 2 is 1.48 bits per heavy atom. The Kier molecular flexibility index (Phi) is 6.97. The average molecular weight is 362 g/mol. The van der Waals surface area contributed by atoms with Gasteiger partial charge in [0.05, 0.1) is 10.8 Å². The third-order valence-corrected chi connectivity index (χ3v) is 3.72. The molecule has 2 N–H and O–H groups in total. The molecule has 0 spiro atoms. The first-order chi connectivity index (χ1) is 11.3. The predicted octanol–water partition coefficient (Wildman–Crippen LogP) is 0.627. The van der Waals surface area contributed by atoms with Gasteiger partial charge in [0.1, 0.15) is 24.9 Å². The van der Waals surface area contributed by atoms with Crippen LogP contribution in [0.5, 0.6) is 0 Å². The molecule has 0 radical (unpaired) electrons. The van der Waals surface area contributed by atoms with Crippen LogP contribution in [0.25, 0.3) is 0 Å². The van der Waals surface area contributed by atoms with E-state index in [2.05, 4.69) is 0 Å². The minimum Gasteiger partial charge on any atom is -0.462 e. The summed E-state index contributed by atoms with van der Waals surface area (Å²) in [6.07, 6.45) is -6.14. The molecule has 0 aliphatic carbocycles. The summed E-state index contributed by atoms with van der Waals surface area (Å²) >= 11 is 0. The highest BCUT2D eigenvalue weighted by Crippen LogP contribution is 2.27. The van der Waals surface area contributed by atoms with E-state index in [1.165, 1.54) is 7.11 Å². The zero-order valence-electron chi connectivity index (χ0n) is 15.9. The number of hydrogen-bond donors (Lipinski definition) is 2. The first kappa shape index (κ1) is 21.8. The standard InChI is InChI=1S/C17H30O8/c1-16(2,3)14(20)23-8-9-10(18)11(19)12(13(22-7)24-9)25-15(21)17(4,5)6/h9-13,18-19H,8H2,1-7H3/t9-,10-,11+,12-,13+/m1/s1. The number of ether oxygens (including phenoxy) is 4. The van der Waals surface area contributed by atoms with Gasteiger partial charge in [0, 0.05) is 7.11 Å². The molecule has 0 aromatic heterocycles. The van der Waals surface area contributed by atoms with Gasteiger partial charge < -0.3 is 29.2 Å². The molecule has 0 aromatic carbocycles. The highest BCUT2D eigenvalue weighted by molar-refractivity contribution is 5.76. The maximum atomic E-state index is 12.1. The fraction of sp³-hybridized carbons (Fsp3) is 0.882. The van der Waals surface area contributed by atoms with E-state index in [0.717, 1.165) is 0 Å². The lowest BCUT2D eigenvalue weighted by molar-refractivity contribution is -0.300.